The van der Waals surface area contributed by atoms with Crippen molar-refractivity contribution < 1.29 is 14.6 Å². The number of hydrogen-bond acceptors (Lipinski definition) is 6. The Bertz CT molecular complexity index is 513. The number of aromatic nitrogens is 1. The maximum atomic E-state index is 12.5. The maximum absolute atomic E-state index is 12.5. The van der Waals surface area contributed by atoms with E-state index in [1.165, 1.54) is 0 Å². The molecule has 2 rings (SSSR count). The first-order valence-electron chi connectivity index (χ1n) is 8.42. The summed E-state index contributed by atoms with van der Waals surface area (Å²) < 4.78 is 5.23. The lowest BCUT2D eigenvalue weighted by Gasteiger charge is -2.35. The van der Waals surface area contributed by atoms with Gasteiger partial charge >= 0.3 is 0 Å². The van der Waals surface area contributed by atoms with Gasteiger partial charge in [-0.3, -0.25) is 9.69 Å². The van der Waals surface area contributed by atoms with Gasteiger partial charge in [0.05, 0.1) is 18.3 Å². The third-order valence-corrected chi connectivity index (χ3v) is 4.10. The number of rotatable bonds is 7. The minimum Gasteiger partial charge on any atom is -0.389 e. The first-order valence-corrected chi connectivity index (χ1v) is 8.42. The predicted octanol–water partition coefficient (Wildman–Crippen LogP) is 0.303. The van der Waals surface area contributed by atoms with Gasteiger partial charge in [-0.25, -0.2) is 4.98 Å². The molecule has 1 aliphatic heterocycles. The van der Waals surface area contributed by atoms with E-state index in [0.717, 1.165) is 18.9 Å². The van der Waals surface area contributed by atoms with Crippen LogP contribution < -0.4 is 4.90 Å². The van der Waals surface area contributed by atoms with Crippen molar-refractivity contribution in [3.63, 3.8) is 0 Å². The molecule has 7 nitrogen and oxygen atoms in total. The quantitative estimate of drug-likeness (QED) is 0.773. The van der Waals surface area contributed by atoms with Crippen molar-refractivity contribution >= 4 is 11.7 Å². The molecule has 24 heavy (non-hydrogen) atoms. The number of anilines is 1. The zero-order valence-corrected chi connectivity index (χ0v) is 14.8. The first-order chi connectivity index (χ1) is 11.5. The van der Waals surface area contributed by atoms with Crippen molar-refractivity contribution in [3.05, 3.63) is 23.9 Å². The molecule has 1 atom stereocenters. The Labute approximate surface area is 143 Å². The van der Waals surface area contributed by atoms with Crippen LogP contribution in [0.25, 0.3) is 0 Å². The molecule has 0 spiro atoms. The van der Waals surface area contributed by atoms with Gasteiger partial charge in [-0.1, -0.05) is 0 Å². The minimum absolute atomic E-state index is 0.0160. The van der Waals surface area contributed by atoms with Gasteiger partial charge in [-0.05, 0) is 19.1 Å². The summed E-state index contributed by atoms with van der Waals surface area (Å²) >= 11 is 0. The molecule has 134 valence electrons. The van der Waals surface area contributed by atoms with E-state index in [9.17, 15) is 9.90 Å². The van der Waals surface area contributed by atoms with Gasteiger partial charge in [-0.2, -0.15) is 0 Å². The lowest BCUT2D eigenvalue weighted by molar-refractivity contribution is 0.0111. The zero-order valence-electron chi connectivity index (χ0n) is 14.8. The summed E-state index contributed by atoms with van der Waals surface area (Å²) in [6, 6.07) is 3.68. The molecule has 0 aromatic carbocycles. The molecule has 1 fully saturated rings. The van der Waals surface area contributed by atoms with Gasteiger partial charge in [0.1, 0.15) is 5.82 Å². The van der Waals surface area contributed by atoms with Crippen molar-refractivity contribution in [2.75, 3.05) is 64.9 Å². The molecule has 1 N–H and O–H groups in total. The van der Waals surface area contributed by atoms with Crippen LogP contribution in [0, 0.1) is 0 Å². The van der Waals surface area contributed by atoms with Crippen molar-refractivity contribution in [2.45, 2.75) is 13.0 Å². The van der Waals surface area contributed by atoms with Gasteiger partial charge in [-0.15, -0.1) is 0 Å². The first kappa shape index (κ1) is 18.6. The monoisotopic (exact) mass is 336 g/mol. The van der Waals surface area contributed by atoms with Crippen LogP contribution in [0.3, 0.4) is 0 Å². The number of ether oxygens (including phenoxy) is 1. The van der Waals surface area contributed by atoms with Gasteiger partial charge in [0.2, 0.25) is 0 Å². The highest BCUT2D eigenvalue weighted by Gasteiger charge is 2.23. The molecule has 1 aliphatic rings. The molecule has 1 aromatic rings. The number of carbonyl (C=O) groups excluding carboxylic acids is 1. The number of carbonyl (C=O) groups is 1. The van der Waals surface area contributed by atoms with Crippen molar-refractivity contribution in [1.29, 1.82) is 0 Å². The highest BCUT2D eigenvalue weighted by atomic mass is 16.5. The second-order valence-electron chi connectivity index (χ2n) is 6.21. The SMILES string of the molecule is CCOC[C@@H](O)CN1CCN(C(=O)c2ccc(N(C)C)nc2)CC1. The van der Waals surface area contributed by atoms with Crippen molar-refractivity contribution in [3.8, 4) is 0 Å². The summed E-state index contributed by atoms with van der Waals surface area (Å²) in [4.78, 5) is 22.7. The Hall–Kier alpha value is -1.70. The van der Waals surface area contributed by atoms with Gasteiger partial charge < -0.3 is 19.6 Å². The number of piperazine rings is 1. The van der Waals surface area contributed by atoms with E-state index in [2.05, 4.69) is 9.88 Å². The summed E-state index contributed by atoms with van der Waals surface area (Å²) in [5.41, 5.74) is 0.616. The molecule has 0 unspecified atom stereocenters. The average molecular weight is 336 g/mol. The zero-order chi connectivity index (χ0) is 17.5. The maximum Gasteiger partial charge on any atom is 0.255 e. The Balaban J connectivity index is 1.82. The number of aliphatic hydroxyl groups excluding tert-OH is 1. The van der Waals surface area contributed by atoms with E-state index in [1.54, 1.807) is 6.20 Å². The fourth-order valence-electron chi connectivity index (χ4n) is 2.70. The molecule has 0 bridgehead atoms. The molecule has 1 amide bonds. The molecule has 0 saturated carbocycles. The molecule has 2 heterocycles. The van der Waals surface area contributed by atoms with Crippen molar-refractivity contribution in [1.82, 2.24) is 14.8 Å². The fraction of sp³-hybridized carbons (Fsp3) is 0.647. The second-order valence-corrected chi connectivity index (χ2v) is 6.21. The molecular weight excluding hydrogens is 308 g/mol. The Morgan fingerprint density at radius 1 is 1.33 bits per heavy atom. The van der Waals surface area contributed by atoms with Crippen LogP contribution >= 0.6 is 0 Å². The third-order valence-electron chi connectivity index (χ3n) is 4.10. The molecule has 0 radical (unpaired) electrons. The van der Waals surface area contributed by atoms with E-state index < -0.39 is 6.10 Å². The van der Waals surface area contributed by atoms with Crippen LogP contribution in [0.15, 0.2) is 18.3 Å². The lowest BCUT2D eigenvalue weighted by atomic mass is 10.2. The normalized spacial score (nSPS) is 16.9. The van der Waals surface area contributed by atoms with Crippen LogP contribution in [0.2, 0.25) is 0 Å². The molecule has 0 aliphatic carbocycles. The largest absolute Gasteiger partial charge is 0.389 e. The van der Waals surface area contributed by atoms with Gasteiger partial charge in [0, 0.05) is 59.6 Å². The number of aliphatic hydroxyl groups is 1. The van der Waals surface area contributed by atoms with Crippen LogP contribution in [0.4, 0.5) is 5.82 Å². The molecule has 7 heteroatoms. The highest BCUT2D eigenvalue weighted by molar-refractivity contribution is 5.94. The van der Waals surface area contributed by atoms with Crippen molar-refractivity contribution in [2.24, 2.45) is 0 Å². The van der Waals surface area contributed by atoms with Gasteiger partial charge in [0.15, 0.2) is 0 Å². The minimum atomic E-state index is -0.477. The smallest absolute Gasteiger partial charge is 0.255 e. The van der Waals surface area contributed by atoms with Crippen LogP contribution in [0.5, 0.6) is 0 Å². The van der Waals surface area contributed by atoms with Crippen LogP contribution in [0.1, 0.15) is 17.3 Å². The number of β-amino-alcohol motifs (C(OH)–C–C–N with tert-alkyl or cyclic N) is 1. The third kappa shape index (κ3) is 5.15. The number of nitrogens with zero attached hydrogens (tertiary/aromatic N) is 4. The standard InChI is InChI=1S/C17H28N4O3/c1-4-24-13-15(22)12-20-7-9-21(10-8-20)17(23)14-5-6-16(18-11-14)19(2)3/h5-6,11,15,22H,4,7-10,12-13H2,1-3H3/t15-/m0/s1. The summed E-state index contributed by atoms with van der Waals surface area (Å²) in [5.74, 6) is 0.849. The second kappa shape index (κ2) is 8.96. The molecule has 1 aromatic heterocycles. The summed E-state index contributed by atoms with van der Waals surface area (Å²) in [5, 5.41) is 9.90. The van der Waals surface area contributed by atoms with Crippen LogP contribution in [-0.2, 0) is 4.74 Å². The average Bonchev–Trinajstić information content (AvgIpc) is 2.60. The van der Waals surface area contributed by atoms with Crippen LogP contribution in [-0.4, -0.2) is 91.9 Å². The van der Waals surface area contributed by atoms with E-state index >= 15 is 0 Å². The van der Waals surface area contributed by atoms with Gasteiger partial charge in [0.25, 0.3) is 5.91 Å². The number of hydrogen-bond donors (Lipinski definition) is 1. The Morgan fingerprint density at radius 2 is 2.04 bits per heavy atom. The van der Waals surface area contributed by atoms with E-state index in [4.69, 9.17) is 4.74 Å². The van der Waals surface area contributed by atoms with E-state index in [-0.39, 0.29) is 5.91 Å². The summed E-state index contributed by atoms with van der Waals surface area (Å²) in [6.07, 6.45) is 1.16. The topological polar surface area (TPSA) is 69.1 Å². The summed E-state index contributed by atoms with van der Waals surface area (Å²) in [6.45, 7) is 6.32. The Kier molecular flexibility index (Phi) is 6.96. The molecule has 1 saturated heterocycles. The van der Waals surface area contributed by atoms with E-state index in [1.807, 2.05) is 43.0 Å². The van der Waals surface area contributed by atoms with E-state index in [0.29, 0.717) is 38.4 Å². The number of amides is 1. The summed E-state index contributed by atoms with van der Waals surface area (Å²) in [7, 11) is 3.84. The lowest BCUT2D eigenvalue weighted by Crippen LogP contribution is -2.50. The predicted molar refractivity (Wildman–Crippen MR) is 93.4 cm³/mol. The molecular formula is C17H28N4O3. The Morgan fingerprint density at radius 3 is 2.58 bits per heavy atom. The highest BCUT2D eigenvalue weighted by Crippen LogP contribution is 2.12. The fourth-order valence-corrected chi connectivity index (χ4v) is 2.70. The number of pyridine rings is 1.